The van der Waals surface area contributed by atoms with Gasteiger partial charge in [-0.2, -0.15) is 13.2 Å². The first-order chi connectivity index (χ1) is 12.8. The Kier molecular flexibility index (Phi) is 7.62. The van der Waals surface area contributed by atoms with E-state index in [-0.39, 0.29) is 12.4 Å². The third-order valence-corrected chi connectivity index (χ3v) is 4.82. The summed E-state index contributed by atoms with van der Waals surface area (Å²) in [7, 11) is 1.44. The summed E-state index contributed by atoms with van der Waals surface area (Å²) in [4.78, 5) is 14.1. The Bertz CT molecular complexity index is 794. The molecule has 1 aromatic carbocycles. The number of allylic oxidation sites excluding steroid dienone is 1. The largest absolute Gasteiger partial charge is 0.496 e. The predicted octanol–water partition coefficient (Wildman–Crippen LogP) is 5.68. The van der Waals surface area contributed by atoms with Crippen LogP contribution in [-0.4, -0.2) is 25.7 Å². The molecule has 1 heterocycles. The molecule has 0 fully saturated rings. The van der Waals surface area contributed by atoms with Gasteiger partial charge in [0.15, 0.2) is 5.78 Å². The van der Waals surface area contributed by atoms with E-state index in [4.69, 9.17) is 9.47 Å². The quantitative estimate of drug-likeness (QED) is 0.402. The number of methoxy groups -OCH3 is 1. The number of alkyl halides is 3. The number of aryl methyl sites for hydroxylation is 1. The van der Waals surface area contributed by atoms with Crippen molar-refractivity contribution in [2.24, 2.45) is 0 Å². The molecule has 0 bridgehead atoms. The zero-order chi connectivity index (χ0) is 19.9. The van der Waals surface area contributed by atoms with Gasteiger partial charge in [-0.1, -0.05) is 25.5 Å². The van der Waals surface area contributed by atoms with Crippen molar-refractivity contribution in [3.63, 3.8) is 0 Å². The molecule has 3 nitrogen and oxygen atoms in total. The molecule has 2 rings (SSSR count). The number of halogens is 3. The lowest BCUT2D eigenvalue weighted by Crippen LogP contribution is -2.16. The third kappa shape index (κ3) is 6.84. The molecule has 7 heteroatoms. The number of ketones is 1. The molecule has 0 amide bonds. The lowest BCUT2D eigenvalue weighted by Gasteiger charge is -2.11. The number of carbonyl (C=O) groups is 1. The first-order valence-corrected chi connectivity index (χ1v) is 9.26. The van der Waals surface area contributed by atoms with E-state index in [0.29, 0.717) is 21.8 Å². The van der Waals surface area contributed by atoms with E-state index < -0.39 is 12.8 Å². The summed E-state index contributed by atoms with van der Waals surface area (Å²) in [5, 5.41) is 0. The highest BCUT2D eigenvalue weighted by Crippen LogP contribution is 2.24. The number of ether oxygens (including phenoxy) is 2. The average Bonchev–Trinajstić information content (AvgIpc) is 3.08. The zero-order valence-electron chi connectivity index (χ0n) is 15.1. The maximum atomic E-state index is 12.3. The van der Waals surface area contributed by atoms with Gasteiger partial charge in [-0.05, 0) is 42.3 Å². The van der Waals surface area contributed by atoms with Crippen LogP contribution in [0.1, 0.15) is 39.0 Å². The van der Waals surface area contributed by atoms with Gasteiger partial charge in [0, 0.05) is 10.4 Å². The number of hydrogen-bond acceptors (Lipinski definition) is 4. The fourth-order valence-corrected chi connectivity index (χ4v) is 3.47. The van der Waals surface area contributed by atoms with Crippen LogP contribution in [0.25, 0.3) is 6.08 Å². The second kappa shape index (κ2) is 9.71. The Hall–Kier alpha value is -2.12. The van der Waals surface area contributed by atoms with Crippen LogP contribution >= 0.6 is 11.3 Å². The third-order valence-electron chi connectivity index (χ3n) is 3.66. The Morgan fingerprint density at radius 2 is 2.00 bits per heavy atom. The van der Waals surface area contributed by atoms with Crippen molar-refractivity contribution in [1.29, 1.82) is 0 Å². The van der Waals surface area contributed by atoms with Crippen LogP contribution < -0.4 is 4.74 Å². The van der Waals surface area contributed by atoms with Gasteiger partial charge in [-0.25, -0.2) is 0 Å². The highest BCUT2D eigenvalue weighted by Gasteiger charge is 2.27. The normalized spacial score (nSPS) is 11.9. The summed E-state index contributed by atoms with van der Waals surface area (Å²) in [6, 6.07) is 8.79. The van der Waals surface area contributed by atoms with Crippen LogP contribution in [0.5, 0.6) is 5.75 Å². The van der Waals surface area contributed by atoms with E-state index in [1.165, 1.54) is 29.4 Å². The van der Waals surface area contributed by atoms with Crippen molar-refractivity contribution in [3.8, 4) is 5.75 Å². The van der Waals surface area contributed by atoms with Gasteiger partial charge in [0.25, 0.3) is 0 Å². The van der Waals surface area contributed by atoms with E-state index in [1.54, 1.807) is 24.3 Å². The van der Waals surface area contributed by atoms with Crippen molar-refractivity contribution >= 4 is 23.2 Å². The molecule has 0 aliphatic rings. The number of hydrogen-bond donors (Lipinski definition) is 0. The second-order valence-corrected chi connectivity index (χ2v) is 7.06. The highest BCUT2D eigenvalue weighted by molar-refractivity contribution is 7.14. The van der Waals surface area contributed by atoms with Crippen LogP contribution in [0, 0.1) is 0 Å². The molecule has 0 spiro atoms. The fraction of sp³-hybridized carbons (Fsp3) is 0.350. The van der Waals surface area contributed by atoms with Crippen molar-refractivity contribution in [3.05, 3.63) is 57.3 Å². The van der Waals surface area contributed by atoms with Crippen molar-refractivity contribution in [2.45, 2.75) is 32.5 Å². The zero-order valence-corrected chi connectivity index (χ0v) is 16.0. The number of carbonyl (C=O) groups excluding carboxylic acids is 1. The molecule has 0 aliphatic carbocycles. The van der Waals surface area contributed by atoms with Gasteiger partial charge in [0.05, 0.1) is 18.6 Å². The summed E-state index contributed by atoms with van der Waals surface area (Å²) in [5.41, 5.74) is 1.16. The van der Waals surface area contributed by atoms with E-state index >= 15 is 0 Å². The molecule has 0 unspecified atom stereocenters. The maximum absolute atomic E-state index is 12.3. The van der Waals surface area contributed by atoms with Gasteiger partial charge in [-0.3, -0.25) is 4.79 Å². The van der Waals surface area contributed by atoms with Crippen molar-refractivity contribution < 1.29 is 27.4 Å². The molecule has 0 atom stereocenters. The summed E-state index contributed by atoms with van der Waals surface area (Å²) < 4.78 is 46.6. The molecule has 0 saturated heterocycles. The number of benzene rings is 1. The summed E-state index contributed by atoms with van der Waals surface area (Å²) >= 11 is 1.48. The standard InChI is InChI=1S/C20H21F3O3S/c1-3-4-16-7-10-19(27-16)17(24)8-5-14-6-9-18(25-2)15(11-14)12-26-13-20(21,22)23/h5-11H,3-4,12-13H2,1-2H3/b8-5+. The molecule has 0 radical (unpaired) electrons. The van der Waals surface area contributed by atoms with Crippen LogP contribution in [0.4, 0.5) is 13.2 Å². The van der Waals surface area contributed by atoms with E-state index in [1.807, 2.05) is 12.1 Å². The minimum atomic E-state index is -4.38. The highest BCUT2D eigenvalue weighted by atomic mass is 32.1. The van der Waals surface area contributed by atoms with Crippen LogP contribution in [0.2, 0.25) is 0 Å². The molecule has 0 aliphatic heterocycles. The van der Waals surface area contributed by atoms with Gasteiger partial charge < -0.3 is 9.47 Å². The molecule has 0 N–H and O–H groups in total. The van der Waals surface area contributed by atoms with Gasteiger partial charge in [0.1, 0.15) is 12.4 Å². The van der Waals surface area contributed by atoms with Crippen LogP contribution in [0.3, 0.4) is 0 Å². The first kappa shape index (κ1) is 21.2. The Balaban J connectivity index is 2.07. The summed E-state index contributed by atoms with van der Waals surface area (Å²) in [6.07, 6.45) is 0.683. The predicted molar refractivity (Wildman–Crippen MR) is 100 cm³/mol. The van der Waals surface area contributed by atoms with Gasteiger partial charge in [-0.15, -0.1) is 11.3 Å². The smallest absolute Gasteiger partial charge is 0.411 e. The first-order valence-electron chi connectivity index (χ1n) is 8.45. The SMILES string of the molecule is CCCc1ccc(C(=O)/C=C/c2ccc(OC)c(COCC(F)(F)F)c2)s1. The maximum Gasteiger partial charge on any atom is 0.411 e. The number of thiophene rings is 1. The van der Waals surface area contributed by atoms with Crippen LogP contribution in [0.15, 0.2) is 36.4 Å². The molecule has 0 saturated carbocycles. The second-order valence-electron chi connectivity index (χ2n) is 5.89. The lowest BCUT2D eigenvalue weighted by molar-refractivity contribution is -0.176. The lowest BCUT2D eigenvalue weighted by atomic mass is 10.1. The van der Waals surface area contributed by atoms with E-state index in [9.17, 15) is 18.0 Å². The van der Waals surface area contributed by atoms with Crippen LogP contribution in [-0.2, 0) is 17.8 Å². The minimum absolute atomic E-state index is 0.104. The van der Waals surface area contributed by atoms with E-state index in [0.717, 1.165) is 12.8 Å². The Labute approximate surface area is 160 Å². The topological polar surface area (TPSA) is 35.5 Å². The summed E-state index contributed by atoms with van der Waals surface area (Å²) in [6.45, 7) is 0.525. The fourth-order valence-electron chi connectivity index (χ4n) is 2.44. The number of rotatable bonds is 9. The molecule has 1 aromatic heterocycles. The molecule has 27 heavy (non-hydrogen) atoms. The average molecular weight is 398 g/mol. The monoisotopic (exact) mass is 398 g/mol. The Morgan fingerprint density at radius 3 is 2.67 bits per heavy atom. The Morgan fingerprint density at radius 1 is 1.22 bits per heavy atom. The molecular weight excluding hydrogens is 377 g/mol. The van der Waals surface area contributed by atoms with Crippen molar-refractivity contribution in [1.82, 2.24) is 0 Å². The van der Waals surface area contributed by atoms with Gasteiger partial charge in [0.2, 0.25) is 0 Å². The molecule has 2 aromatic rings. The van der Waals surface area contributed by atoms with Gasteiger partial charge >= 0.3 is 6.18 Å². The van der Waals surface area contributed by atoms with Crippen molar-refractivity contribution in [2.75, 3.05) is 13.7 Å². The van der Waals surface area contributed by atoms with E-state index in [2.05, 4.69) is 6.92 Å². The molecule has 146 valence electrons. The molecular formula is C20H21F3O3S. The minimum Gasteiger partial charge on any atom is -0.496 e. The summed E-state index contributed by atoms with van der Waals surface area (Å²) in [5.74, 6) is 0.330.